The standard InChI is InChI=1S/C7H6S3.C7H8S3.Ni/c8-5-3-6-4(7(5)9)1-2-10-6;1-2-4-5(8)3-6(9)7(4)10;/h1-2,8-9H,3H2;2,8-10H,1,3H2;/p-4. The van der Waals surface area contributed by atoms with Gasteiger partial charge in [0.15, 0.2) is 0 Å². The maximum Gasteiger partial charge on any atom is 0.0124 e. The normalized spacial score (nSPS) is 16.4. The van der Waals surface area contributed by atoms with Crippen LogP contribution in [-0.4, -0.2) is 0 Å². The van der Waals surface area contributed by atoms with Gasteiger partial charge in [-0.2, -0.15) is 9.81 Å². The minimum Gasteiger partial charge on any atom is -0.785 e. The molecule has 0 nitrogen and oxygen atoms in total. The largest absolute Gasteiger partial charge is 0.785 e. The topological polar surface area (TPSA) is 0 Å². The number of thiol groups is 1. The third-order valence-corrected chi connectivity index (χ3v) is 6.11. The zero-order valence-electron chi connectivity index (χ0n) is 10.7. The van der Waals surface area contributed by atoms with Crippen molar-refractivity contribution >= 4 is 79.4 Å². The Balaban J connectivity index is 0.000000200. The van der Waals surface area contributed by atoms with Crippen LogP contribution in [0.2, 0.25) is 0 Å². The third kappa shape index (κ3) is 4.22. The molecule has 2 aliphatic carbocycles. The monoisotopic (exact) mass is 428 g/mol. The average molecular weight is 429 g/mol. The number of hydrogen-bond acceptors (Lipinski definition) is 6. The Kier molecular flexibility index (Phi) is 7.68. The van der Waals surface area contributed by atoms with Crippen LogP contribution >= 0.6 is 24.0 Å². The molecule has 3 rings (SSSR count). The molecule has 0 N–H and O–H groups in total. The molecule has 0 unspecified atom stereocenters. The van der Waals surface area contributed by atoms with Crippen LogP contribution in [0, 0.1) is 0 Å². The van der Waals surface area contributed by atoms with Crippen molar-refractivity contribution in [2.75, 3.05) is 0 Å². The molecule has 0 saturated carbocycles. The van der Waals surface area contributed by atoms with Crippen molar-refractivity contribution in [3.63, 3.8) is 0 Å². The molecule has 1 heterocycles. The number of allylic oxidation sites excluding steroid dienone is 5. The van der Waals surface area contributed by atoms with Crippen molar-refractivity contribution in [1.82, 2.24) is 0 Å². The number of thiophene rings is 1. The Morgan fingerprint density at radius 3 is 2.14 bits per heavy atom. The van der Waals surface area contributed by atoms with Gasteiger partial charge in [-0.1, -0.05) is 12.7 Å². The van der Waals surface area contributed by atoms with Crippen LogP contribution in [0.25, 0.3) is 4.91 Å². The van der Waals surface area contributed by atoms with E-state index in [4.69, 9.17) is 50.5 Å². The molecule has 0 aromatic carbocycles. The van der Waals surface area contributed by atoms with Gasteiger partial charge in [-0.3, -0.25) is 0 Å². The van der Waals surface area contributed by atoms with Gasteiger partial charge in [-0.15, -0.1) is 24.0 Å². The fourth-order valence-corrected chi connectivity index (χ4v) is 4.52. The molecule has 0 aliphatic heterocycles. The molecule has 21 heavy (non-hydrogen) atoms. The summed E-state index contributed by atoms with van der Waals surface area (Å²) >= 11 is 26.1. The van der Waals surface area contributed by atoms with Gasteiger partial charge in [0.25, 0.3) is 0 Å². The molecule has 0 amide bonds. The minimum absolute atomic E-state index is 0. The molecule has 0 radical (unpaired) electrons. The molecule has 0 bridgehead atoms. The average Bonchev–Trinajstić information content (AvgIpc) is 3.02. The van der Waals surface area contributed by atoms with E-state index in [0.29, 0.717) is 0 Å². The smallest absolute Gasteiger partial charge is 0.0124 e. The summed E-state index contributed by atoms with van der Waals surface area (Å²) in [4.78, 5) is 5.69. The van der Waals surface area contributed by atoms with Gasteiger partial charge >= 0.3 is 0 Å². The van der Waals surface area contributed by atoms with E-state index in [1.807, 2.05) is 0 Å². The van der Waals surface area contributed by atoms with Gasteiger partial charge in [-0.05, 0) is 40.3 Å². The summed E-state index contributed by atoms with van der Waals surface area (Å²) in [6, 6.07) is 2.06. The second-order valence-corrected chi connectivity index (χ2v) is 7.52. The molecule has 116 valence electrons. The first-order valence-electron chi connectivity index (χ1n) is 5.71. The van der Waals surface area contributed by atoms with Gasteiger partial charge in [-0.25, -0.2) is 9.81 Å². The summed E-state index contributed by atoms with van der Waals surface area (Å²) in [5, 5.41) is 2.07. The first-order chi connectivity index (χ1) is 9.45. The zero-order chi connectivity index (χ0) is 14.9. The summed E-state index contributed by atoms with van der Waals surface area (Å²) in [6.07, 6.45) is 3.34. The summed E-state index contributed by atoms with van der Waals surface area (Å²) < 4.78 is 0. The van der Waals surface area contributed by atoms with Gasteiger partial charge in [0.2, 0.25) is 0 Å². The van der Waals surface area contributed by atoms with E-state index in [1.54, 1.807) is 17.4 Å². The molecular formula is C14H10NiS6-4. The fraction of sp³-hybridized carbons (Fsp3) is 0.143. The van der Waals surface area contributed by atoms with Crippen molar-refractivity contribution in [3.05, 3.63) is 59.7 Å². The van der Waals surface area contributed by atoms with Crippen molar-refractivity contribution in [2.45, 2.75) is 12.8 Å². The Bertz CT molecular complexity index is 650. The van der Waals surface area contributed by atoms with Crippen LogP contribution in [0.3, 0.4) is 0 Å². The van der Waals surface area contributed by atoms with Gasteiger partial charge < -0.3 is 50.5 Å². The number of hydrogen-bond donors (Lipinski definition) is 1. The fourth-order valence-electron chi connectivity index (χ4n) is 1.88. The number of rotatable bonds is 1. The van der Waals surface area contributed by atoms with Crippen molar-refractivity contribution < 1.29 is 16.5 Å². The second-order valence-electron chi connectivity index (χ2n) is 4.18. The van der Waals surface area contributed by atoms with Crippen LogP contribution in [0.15, 0.2) is 49.3 Å². The molecule has 1 aromatic rings. The summed E-state index contributed by atoms with van der Waals surface area (Å²) in [6.45, 7) is 3.62. The van der Waals surface area contributed by atoms with E-state index >= 15 is 0 Å². The molecular weight excluding hydrogens is 419 g/mol. The van der Waals surface area contributed by atoms with Crippen molar-refractivity contribution in [3.8, 4) is 0 Å². The third-order valence-electron chi connectivity index (χ3n) is 2.91. The van der Waals surface area contributed by atoms with E-state index < -0.39 is 0 Å². The Morgan fingerprint density at radius 2 is 1.71 bits per heavy atom. The molecule has 1 aromatic heterocycles. The molecule has 0 saturated heterocycles. The Hall–Kier alpha value is 0.384. The van der Waals surface area contributed by atoms with E-state index in [0.717, 1.165) is 42.9 Å². The second kappa shape index (κ2) is 8.30. The first kappa shape index (κ1) is 19.4. The predicted molar refractivity (Wildman–Crippen MR) is 102 cm³/mol. The first-order valence-corrected chi connectivity index (χ1v) is 8.67. The van der Waals surface area contributed by atoms with Gasteiger partial charge in [0, 0.05) is 21.4 Å². The Morgan fingerprint density at radius 1 is 1.10 bits per heavy atom. The van der Waals surface area contributed by atoms with E-state index in [-0.39, 0.29) is 16.5 Å². The molecule has 0 atom stereocenters. The summed E-state index contributed by atoms with van der Waals surface area (Å²) in [7, 11) is 0. The molecule has 7 heteroatoms. The van der Waals surface area contributed by atoms with Crippen molar-refractivity contribution in [1.29, 1.82) is 0 Å². The van der Waals surface area contributed by atoms with Crippen LogP contribution in [0.1, 0.15) is 16.9 Å². The quantitative estimate of drug-likeness (QED) is 0.405. The SMILES string of the molecule is C=CC1=C(S)CC([S-])=C1[S-].[Ni].[S-]C1=C([S-])c2ccsc2C1. The van der Waals surface area contributed by atoms with Crippen LogP contribution in [0.5, 0.6) is 0 Å². The maximum absolute atomic E-state index is 5.12. The molecule has 0 fully saturated rings. The van der Waals surface area contributed by atoms with Crippen LogP contribution in [-0.2, 0) is 73.4 Å². The van der Waals surface area contributed by atoms with E-state index in [1.165, 1.54) is 10.4 Å². The van der Waals surface area contributed by atoms with Crippen LogP contribution in [0.4, 0.5) is 0 Å². The van der Waals surface area contributed by atoms with Crippen molar-refractivity contribution in [2.24, 2.45) is 0 Å². The number of fused-ring (bicyclic) bond motifs is 1. The maximum atomic E-state index is 5.12. The minimum atomic E-state index is 0. The Labute approximate surface area is 167 Å². The molecule has 2 aliphatic rings. The summed E-state index contributed by atoms with van der Waals surface area (Å²) in [5.74, 6) is 0. The van der Waals surface area contributed by atoms with E-state index in [9.17, 15) is 0 Å². The predicted octanol–water partition coefficient (Wildman–Crippen LogP) is 4.13. The van der Waals surface area contributed by atoms with Gasteiger partial charge in [0.1, 0.15) is 0 Å². The van der Waals surface area contributed by atoms with E-state index in [2.05, 4.69) is 30.7 Å². The van der Waals surface area contributed by atoms with Gasteiger partial charge in [0.05, 0.1) is 0 Å². The summed E-state index contributed by atoms with van der Waals surface area (Å²) in [5.41, 5.74) is 2.13. The zero-order valence-corrected chi connectivity index (χ0v) is 16.6. The molecule has 0 spiro atoms. The van der Waals surface area contributed by atoms with Crippen LogP contribution < -0.4 is 0 Å².